The summed E-state index contributed by atoms with van der Waals surface area (Å²) in [6, 6.07) is 9.02. The maximum atomic E-state index is 13.9. The minimum atomic E-state index is -0.658. The number of allylic oxidation sites excluding steroid dienone is 3. The molecular formula is C34H42N2O7. The van der Waals surface area contributed by atoms with Gasteiger partial charge in [-0.3, -0.25) is 9.59 Å². The molecule has 2 aromatic rings. The number of hydrogen-bond donors (Lipinski definition) is 4. The van der Waals surface area contributed by atoms with Gasteiger partial charge in [0.1, 0.15) is 17.3 Å². The number of fused-ring (bicyclic) bond motifs is 4. The molecule has 4 aliphatic carbocycles. The van der Waals surface area contributed by atoms with Crippen molar-refractivity contribution in [3.05, 3.63) is 64.1 Å². The number of phenols is 1. The average molecular weight is 591 g/mol. The molecule has 1 aliphatic heterocycles. The summed E-state index contributed by atoms with van der Waals surface area (Å²) in [5.74, 6) is 1.60. The number of carbonyl (C=O) groups is 2. The molecule has 0 bridgehead atoms. The van der Waals surface area contributed by atoms with Crippen molar-refractivity contribution in [2.45, 2.75) is 51.9 Å². The number of phenolic OH excluding ortho intramolecular Hbond substituents is 1. The van der Waals surface area contributed by atoms with Crippen LogP contribution < -0.4 is 20.5 Å². The average Bonchev–Trinajstić information content (AvgIpc) is 3.43. The first-order valence-electron chi connectivity index (χ1n) is 15.0. The van der Waals surface area contributed by atoms with E-state index in [4.69, 9.17) is 19.9 Å². The molecule has 1 fully saturated rings. The van der Waals surface area contributed by atoms with Gasteiger partial charge in [0.15, 0.2) is 17.3 Å². The van der Waals surface area contributed by atoms with Crippen molar-refractivity contribution in [1.82, 2.24) is 5.32 Å². The summed E-state index contributed by atoms with van der Waals surface area (Å²) in [5, 5.41) is 24.0. The number of nitrogens with one attached hydrogen (secondary N) is 1. The number of rotatable bonds is 3. The first-order valence-corrected chi connectivity index (χ1v) is 15.0. The molecule has 1 heterocycles. The highest BCUT2D eigenvalue weighted by molar-refractivity contribution is 6.14. The number of primary amides is 1. The van der Waals surface area contributed by atoms with Crippen molar-refractivity contribution in [2.75, 3.05) is 28.0 Å². The molecule has 2 aromatic carbocycles. The Kier molecular flexibility index (Phi) is 9.01. The van der Waals surface area contributed by atoms with Gasteiger partial charge in [-0.1, -0.05) is 38.3 Å². The number of ketones is 1. The Morgan fingerprint density at radius 3 is 2.37 bits per heavy atom. The number of nitrogens with two attached hydrogens (primary N) is 1. The monoisotopic (exact) mass is 590 g/mol. The standard InChI is InChI=1S/C27H25NO7.C5H10.C2H7N/c1-33-26-16-10-18(27(28)32)20(30)8-13(16)6-14-7-17-15(3-4-19(29)24(17)25(31)23(14)26)12-2-5-21-22(9-12)35-11-34-21;1-5-3-2-4-5;1-3-2/h2-5,9,13-14,16,29-30H,6-8,10-11H2,1H3,(H2,28,32);5H,2-4H2,1H3;3H,1-2H3. The fourth-order valence-corrected chi connectivity index (χ4v) is 6.87. The molecule has 3 atom stereocenters. The highest BCUT2D eigenvalue weighted by Gasteiger charge is 2.47. The Labute approximate surface area is 252 Å². The first-order chi connectivity index (χ1) is 20.7. The van der Waals surface area contributed by atoms with Crippen LogP contribution in [0.15, 0.2) is 53.0 Å². The van der Waals surface area contributed by atoms with Crippen LogP contribution in [-0.4, -0.2) is 49.9 Å². The molecule has 1 saturated carbocycles. The van der Waals surface area contributed by atoms with Crippen molar-refractivity contribution in [2.24, 2.45) is 29.4 Å². The highest BCUT2D eigenvalue weighted by Crippen LogP contribution is 2.52. The second-order valence-corrected chi connectivity index (χ2v) is 12.1. The minimum absolute atomic E-state index is 0.0162. The number of benzene rings is 2. The molecule has 7 rings (SSSR count). The van der Waals surface area contributed by atoms with Gasteiger partial charge in [0.05, 0.1) is 18.2 Å². The van der Waals surface area contributed by atoms with Crippen LogP contribution in [0.4, 0.5) is 0 Å². The Hall–Kier alpha value is -3.98. The van der Waals surface area contributed by atoms with E-state index in [2.05, 4.69) is 12.2 Å². The van der Waals surface area contributed by atoms with E-state index in [1.54, 1.807) is 6.07 Å². The zero-order valence-electron chi connectivity index (χ0n) is 25.4. The molecule has 0 aromatic heterocycles. The van der Waals surface area contributed by atoms with E-state index < -0.39 is 5.91 Å². The molecule has 1 amide bonds. The predicted octanol–water partition coefficient (Wildman–Crippen LogP) is 5.41. The van der Waals surface area contributed by atoms with Crippen LogP contribution in [0.25, 0.3) is 11.1 Å². The lowest BCUT2D eigenvalue weighted by molar-refractivity contribution is -0.115. The van der Waals surface area contributed by atoms with E-state index >= 15 is 0 Å². The summed E-state index contributed by atoms with van der Waals surface area (Å²) in [4.78, 5) is 25.7. The molecule has 5 N–H and O–H groups in total. The summed E-state index contributed by atoms with van der Waals surface area (Å²) in [7, 11) is 5.27. The predicted molar refractivity (Wildman–Crippen MR) is 163 cm³/mol. The molecule has 230 valence electrons. The Bertz CT molecular complexity index is 1470. The quantitative estimate of drug-likeness (QED) is 0.372. The molecule has 3 unspecified atom stereocenters. The molecule has 9 nitrogen and oxygen atoms in total. The largest absolute Gasteiger partial charge is 0.512 e. The summed E-state index contributed by atoms with van der Waals surface area (Å²) in [6.07, 6.45) is 6.20. The minimum Gasteiger partial charge on any atom is -0.512 e. The van der Waals surface area contributed by atoms with Gasteiger partial charge in [-0.05, 0) is 86.0 Å². The molecular weight excluding hydrogens is 548 g/mol. The zero-order valence-corrected chi connectivity index (χ0v) is 25.4. The normalized spacial score (nSPS) is 23.4. The van der Waals surface area contributed by atoms with E-state index in [1.165, 1.54) is 26.4 Å². The van der Waals surface area contributed by atoms with Crippen molar-refractivity contribution >= 4 is 11.7 Å². The van der Waals surface area contributed by atoms with Gasteiger partial charge in [0, 0.05) is 17.9 Å². The van der Waals surface area contributed by atoms with Crippen LogP contribution >= 0.6 is 0 Å². The topological polar surface area (TPSA) is 140 Å². The van der Waals surface area contributed by atoms with Gasteiger partial charge >= 0.3 is 0 Å². The summed E-state index contributed by atoms with van der Waals surface area (Å²) >= 11 is 0. The number of methoxy groups -OCH3 is 1. The van der Waals surface area contributed by atoms with Crippen LogP contribution in [0.1, 0.15) is 61.4 Å². The molecule has 0 radical (unpaired) electrons. The first kappa shape index (κ1) is 30.5. The van der Waals surface area contributed by atoms with Crippen LogP contribution in [-0.2, 0) is 16.0 Å². The van der Waals surface area contributed by atoms with Crippen LogP contribution in [0.2, 0.25) is 0 Å². The molecule has 5 aliphatic rings. The van der Waals surface area contributed by atoms with Crippen molar-refractivity contribution in [1.29, 1.82) is 0 Å². The van der Waals surface area contributed by atoms with E-state index in [0.29, 0.717) is 42.1 Å². The van der Waals surface area contributed by atoms with Gasteiger partial charge in [-0.2, -0.15) is 0 Å². The Morgan fingerprint density at radius 2 is 1.74 bits per heavy atom. The van der Waals surface area contributed by atoms with Gasteiger partial charge < -0.3 is 35.5 Å². The third kappa shape index (κ3) is 5.83. The maximum absolute atomic E-state index is 13.9. The number of aliphatic hydroxyl groups is 1. The van der Waals surface area contributed by atoms with Crippen LogP contribution in [0.3, 0.4) is 0 Å². The van der Waals surface area contributed by atoms with E-state index in [0.717, 1.165) is 22.6 Å². The number of Topliss-reactive ketones (excluding diaryl/α,β-unsaturated/α-hetero) is 1. The van der Waals surface area contributed by atoms with Gasteiger partial charge in [0.2, 0.25) is 12.7 Å². The van der Waals surface area contributed by atoms with Gasteiger partial charge in [-0.15, -0.1) is 0 Å². The third-order valence-electron chi connectivity index (χ3n) is 9.20. The zero-order chi connectivity index (χ0) is 30.8. The summed E-state index contributed by atoms with van der Waals surface area (Å²) in [6.45, 7) is 2.48. The number of aromatic hydroxyl groups is 1. The van der Waals surface area contributed by atoms with Crippen molar-refractivity contribution < 1.29 is 34.0 Å². The number of ether oxygens (including phenoxy) is 3. The molecule has 0 saturated heterocycles. The summed E-state index contributed by atoms with van der Waals surface area (Å²) < 4.78 is 16.7. The lowest BCUT2D eigenvalue weighted by Gasteiger charge is -2.43. The summed E-state index contributed by atoms with van der Waals surface area (Å²) in [5.41, 5.74) is 9.01. The number of carbonyl (C=O) groups excluding carboxylic acids is 2. The second kappa shape index (κ2) is 12.7. The maximum Gasteiger partial charge on any atom is 0.248 e. The number of hydrogen-bond acceptors (Lipinski definition) is 8. The van der Waals surface area contributed by atoms with Gasteiger partial charge in [-0.25, -0.2) is 0 Å². The Balaban J connectivity index is 0.000000406. The SMILES string of the molecule is CC1CCC1.CNC.COC1=C2C(=O)c3c(O)ccc(-c4ccc5c(c4)OCO5)c3CC2CC2CC(O)=C(C(N)=O)CC12. The van der Waals surface area contributed by atoms with Crippen molar-refractivity contribution in [3.8, 4) is 28.4 Å². The van der Waals surface area contributed by atoms with Gasteiger partial charge in [0.25, 0.3) is 0 Å². The number of amides is 1. The third-order valence-corrected chi connectivity index (χ3v) is 9.20. The number of aliphatic hydroxyl groups excluding tert-OH is 1. The van der Waals surface area contributed by atoms with E-state index in [9.17, 15) is 19.8 Å². The van der Waals surface area contributed by atoms with Crippen LogP contribution in [0.5, 0.6) is 17.2 Å². The lowest BCUT2D eigenvalue weighted by Crippen LogP contribution is -2.39. The van der Waals surface area contributed by atoms with Crippen LogP contribution in [0, 0.1) is 23.7 Å². The highest BCUT2D eigenvalue weighted by atomic mass is 16.7. The Morgan fingerprint density at radius 1 is 1.05 bits per heavy atom. The fourth-order valence-electron chi connectivity index (χ4n) is 6.87. The fraction of sp³-hybridized carbons (Fsp3) is 0.471. The molecule has 0 spiro atoms. The molecule has 9 heteroatoms. The lowest BCUT2D eigenvalue weighted by atomic mass is 9.62. The van der Waals surface area contributed by atoms with Crippen molar-refractivity contribution in [3.63, 3.8) is 0 Å². The van der Waals surface area contributed by atoms with E-state index in [-0.39, 0.29) is 59.4 Å². The van der Waals surface area contributed by atoms with E-state index in [1.807, 2.05) is 38.4 Å². The smallest absolute Gasteiger partial charge is 0.248 e. The second-order valence-electron chi connectivity index (χ2n) is 12.1. The molecule has 43 heavy (non-hydrogen) atoms.